The maximum Gasteiger partial charge on any atom is 0.274 e. The zero-order valence-corrected chi connectivity index (χ0v) is 15.7. The van der Waals surface area contributed by atoms with Crippen molar-refractivity contribution in [3.8, 4) is 11.4 Å². The Labute approximate surface area is 161 Å². The maximum atomic E-state index is 13.0. The van der Waals surface area contributed by atoms with Crippen LogP contribution in [0.3, 0.4) is 0 Å². The fourth-order valence-electron chi connectivity index (χ4n) is 3.30. The molecule has 2 N–H and O–H groups in total. The Balaban J connectivity index is 1.57. The first-order chi connectivity index (χ1) is 13.3. The van der Waals surface area contributed by atoms with Gasteiger partial charge < -0.3 is 15.2 Å². The highest BCUT2D eigenvalue weighted by atomic mass is 32.1. The number of aromatic nitrogens is 3. The number of benzene rings is 1. The summed E-state index contributed by atoms with van der Waals surface area (Å²) >= 11 is 1.47. The van der Waals surface area contributed by atoms with Crippen molar-refractivity contribution < 1.29 is 9.32 Å². The molecule has 140 valence electrons. The van der Waals surface area contributed by atoms with Crippen LogP contribution in [0.1, 0.15) is 46.7 Å². The highest BCUT2D eigenvalue weighted by Crippen LogP contribution is 2.32. The summed E-state index contributed by atoms with van der Waals surface area (Å²) in [5.74, 6) is 0.945. The summed E-state index contributed by atoms with van der Waals surface area (Å²) in [5, 5.41) is 6.80. The summed E-state index contributed by atoms with van der Waals surface area (Å²) in [6.07, 6.45) is 3.47. The molecule has 0 aliphatic carbocycles. The van der Waals surface area contributed by atoms with Crippen LogP contribution in [0.25, 0.3) is 11.4 Å². The Morgan fingerprint density at radius 3 is 2.93 bits per heavy atom. The molecule has 1 aliphatic rings. The number of nitrogens with two attached hydrogens (primary N) is 1. The van der Waals surface area contributed by atoms with Crippen LogP contribution in [-0.4, -0.2) is 39.0 Å². The number of rotatable bonds is 5. The Kier molecular flexibility index (Phi) is 5.26. The normalized spacial score (nSPS) is 17.2. The average Bonchev–Trinajstić information content (AvgIpc) is 3.38. The molecule has 1 saturated heterocycles. The molecule has 0 bridgehead atoms. The Bertz CT molecular complexity index is 908. The molecule has 3 heterocycles. The summed E-state index contributed by atoms with van der Waals surface area (Å²) in [6, 6.07) is 9.47. The van der Waals surface area contributed by atoms with Gasteiger partial charge in [-0.05, 0) is 25.8 Å². The second-order valence-electron chi connectivity index (χ2n) is 6.50. The zero-order chi connectivity index (χ0) is 18.6. The van der Waals surface area contributed by atoms with Crippen LogP contribution in [0.15, 0.2) is 40.2 Å². The van der Waals surface area contributed by atoms with Crippen LogP contribution in [0.2, 0.25) is 0 Å². The molecule has 7 nitrogen and oxygen atoms in total. The largest absolute Gasteiger partial charge is 0.337 e. The first-order valence-corrected chi connectivity index (χ1v) is 9.98. The van der Waals surface area contributed by atoms with E-state index in [9.17, 15) is 4.79 Å². The van der Waals surface area contributed by atoms with Gasteiger partial charge in [-0.3, -0.25) is 4.79 Å². The standard InChI is InChI=1S/C19H21N5O2S/c20-10-9-16-21-14(12-27-16)19(25)24-11-5-4-8-15(24)18-22-17(23-26-18)13-6-2-1-3-7-13/h1-3,6-7,12,15H,4-5,8-11,20H2. The molecule has 0 saturated carbocycles. The number of hydrogen-bond acceptors (Lipinski definition) is 7. The second-order valence-corrected chi connectivity index (χ2v) is 7.44. The summed E-state index contributed by atoms with van der Waals surface area (Å²) < 4.78 is 5.53. The molecule has 8 heteroatoms. The van der Waals surface area contributed by atoms with Gasteiger partial charge in [-0.15, -0.1) is 11.3 Å². The second kappa shape index (κ2) is 7.98. The van der Waals surface area contributed by atoms with Gasteiger partial charge in [0, 0.05) is 23.9 Å². The molecule has 1 aromatic carbocycles. The van der Waals surface area contributed by atoms with Gasteiger partial charge in [-0.25, -0.2) is 4.98 Å². The number of likely N-dealkylation sites (tertiary alicyclic amines) is 1. The lowest BCUT2D eigenvalue weighted by Crippen LogP contribution is -2.38. The van der Waals surface area contributed by atoms with E-state index < -0.39 is 0 Å². The molecule has 27 heavy (non-hydrogen) atoms. The summed E-state index contributed by atoms with van der Waals surface area (Å²) in [6.45, 7) is 1.19. The number of carbonyl (C=O) groups excluding carboxylic acids is 1. The third-order valence-electron chi connectivity index (χ3n) is 4.65. The predicted molar refractivity (Wildman–Crippen MR) is 102 cm³/mol. The van der Waals surface area contributed by atoms with E-state index in [4.69, 9.17) is 10.3 Å². The van der Waals surface area contributed by atoms with Crippen LogP contribution in [0.4, 0.5) is 0 Å². The van der Waals surface area contributed by atoms with Crippen LogP contribution < -0.4 is 5.73 Å². The Morgan fingerprint density at radius 2 is 2.11 bits per heavy atom. The highest BCUT2D eigenvalue weighted by molar-refractivity contribution is 7.09. The number of thiazole rings is 1. The first kappa shape index (κ1) is 17.8. The Morgan fingerprint density at radius 1 is 1.26 bits per heavy atom. The number of amides is 1. The van der Waals surface area contributed by atoms with E-state index in [0.717, 1.165) is 29.8 Å². The lowest BCUT2D eigenvalue weighted by Gasteiger charge is -2.32. The average molecular weight is 383 g/mol. The third kappa shape index (κ3) is 3.77. The molecule has 1 amide bonds. The molecule has 1 fully saturated rings. The van der Waals surface area contributed by atoms with Crippen LogP contribution in [0.5, 0.6) is 0 Å². The van der Waals surface area contributed by atoms with E-state index >= 15 is 0 Å². The van der Waals surface area contributed by atoms with Gasteiger partial charge in [0.1, 0.15) is 11.7 Å². The summed E-state index contributed by atoms with van der Waals surface area (Å²) in [4.78, 5) is 23.8. The first-order valence-electron chi connectivity index (χ1n) is 9.10. The minimum absolute atomic E-state index is 0.0846. The van der Waals surface area contributed by atoms with Gasteiger partial charge in [-0.1, -0.05) is 35.5 Å². The minimum atomic E-state index is -0.212. The smallest absolute Gasteiger partial charge is 0.274 e. The van der Waals surface area contributed by atoms with Crippen LogP contribution in [-0.2, 0) is 6.42 Å². The molecule has 1 aliphatic heterocycles. The molecular weight excluding hydrogens is 362 g/mol. The van der Waals surface area contributed by atoms with Gasteiger partial charge in [0.15, 0.2) is 0 Å². The molecule has 2 aromatic heterocycles. The summed E-state index contributed by atoms with van der Waals surface area (Å²) in [5.41, 5.74) is 6.95. The Hall–Kier alpha value is -2.58. The SMILES string of the molecule is NCCc1nc(C(=O)N2CCCCC2c2nc(-c3ccccc3)no2)cs1. The van der Waals surface area contributed by atoms with Crippen molar-refractivity contribution in [2.45, 2.75) is 31.7 Å². The van der Waals surface area contributed by atoms with Crippen molar-refractivity contribution in [1.82, 2.24) is 20.0 Å². The number of carbonyl (C=O) groups is 1. The zero-order valence-electron chi connectivity index (χ0n) is 14.9. The molecule has 0 radical (unpaired) electrons. The topological polar surface area (TPSA) is 98.1 Å². The molecular formula is C19H21N5O2S. The molecule has 4 rings (SSSR count). The van der Waals surface area contributed by atoms with E-state index in [1.165, 1.54) is 11.3 Å². The van der Waals surface area contributed by atoms with Gasteiger partial charge in [0.2, 0.25) is 11.7 Å². The predicted octanol–water partition coefficient (Wildman–Crippen LogP) is 3.06. The fraction of sp³-hybridized carbons (Fsp3) is 0.368. The van der Waals surface area contributed by atoms with E-state index in [1.807, 2.05) is 40.6 Å². The van der Waals surface area contributed by atoms with Crippen LogP contribution in [0, 0.1) is 0 Å². The number of piperidine rings is 1. The van der Waals surface area contributed by atoms with E-state index in [-0.39, 0.29) is 11.9 Å². The molecule has 0 spiro atoms. The lowest BCUT2D eigenvalue weighted by molar-refractivity contribution is 0.0556. The van der Waals surface area contributed by atoms with Gasteiger partial charge in [0.25, 0.3) is 5.91 Å². The quantitative estimate of drug-likeness (QED) is 0.727. The van der Waals surface area contributed by atoms with Crippen molar-refractivity contribution in [2.24, 2.45) is 5.73 Å². The van der Waals surface area contributed by atoms with E-state index in [0.29, 0.717) is 36.9 Å². The van der Waals surface area contributed by atoms with Crippen molar-refractivity contribution in [3.05, 3.63) is 52.3 Å². The van der Waals surface area contributed by atoms with Crippen molar-refractivity contribution in [2.75, 3.05) is 13.1 Å². The number of hydrogen-bond donors (Lipinski definition) is 1. The van der Waals surface area contributed by atoms with Crippen molar-refractivity contribution in [3.63, 3.8) is 0 Å². The van der Waals surface area contributed by atoms with Gasteiger partial charge in [-0.2, -0.15) is 4.98 Å². The van der Waals surface area contributed by atoms with Crippen molar-refractivity contribution in [1.29, 1.82) is 0 Å². The van der Waals surface area contributed by atoms with E-state index in [2.05, 4.69) is 15.1 Å². The van der Waals surface area contributed by atoms with Gasteiger partial charge in [0.05, 0.1) is 5.01 Å². The molecule has 1 unspecified atom stereocenters. The maximum absolute atomic E-state index is 13.0. The molecule has 3 aromatic rings. The van der Waals surface area contributed by atoms with Gasteiger partial charge >= 0.3 is 0 Å². The number of nitrogens with zero attached hydrogens (tertiary/aromatic N) is 4. The highest BCUT2D eigenvalue weighted by Gasteiger charge is 2.33. The minimum Gasteiger partial charge on any atom is -0.337 e. The fourth-order valence-corrected chi connectivity index (χ4v) is 4.09. The molecule has 1 atom stereocenters. The lowest BCUT2D eigenvalue weighted by atomic mass is 10.0. The third-order valence-corrected chi connectivity index (χ3v) is 5.56. The van der Waals surface area contributed by atoms with Crippen LogP contribution >= 0.6 is 11.3 Å². The monoisotopic (exact) mass is 383 g/mol. The van der Waals surface area contributed by atoms with Crippen molar-refractivity contribution >= 4 is 17.2 Å². The van der Waals surface area contributed by atoms with E-state index in [1.54, 1.807) is 0 Å². The summed E-state index contributed by atoms with van der Waals surface area (Å²) in [7, 11) is 0.